The minimum atomic E-state index is -0.712. The van der Waals surface area contributed by atoms with Crippen LogP contribution in [-0.2, 0) is 24.7 Å². The normalized spacial score (nSPS) is 20.9. The van der Waals surface area contributed by atoms with Gasteiger partial charge in [0.15, 0.2) is 0 Å². The molecule has 1 aliphatic carbocycles. The molecule has 1 aromatic rings. The number of hydrogen-bond acceptors (Lipinski definition) is 2. The fourth-order valence-corrected chi connectivity index (χ4v) is 1.67. The van der Waals surface area contributed by atoms with Crippen molar-refractivity contribution in [3.63, 3.8) is 0 Å². The van der Waals surface area contributed by atoms with Gasteiger partial charge < -0.3 is 5.11 Å². The van der Waals surface area contributed by atoms with Gasteiger partial charge >= 0.3 is 5.97 Å². The van der Waals surface area contributed by atoms with E-state index >= 15 is 0 Å². The van der Waals surface area contributed by atoms with Crippen molar-refractivity contribution < 1.29 is 9.90 Å². The van der Waals surface area contributed by atoms with E-state index in [2.05, 4.69) is 5.10 Å². The third-order valence-electron chi connectivity index (χ3n) is 2.25. The highest BCUT2D eigenvalue weighted by Gasteiger charge is 2.29. The second-order valence-electron chi connectivity index (χ2n) is 3.22. The molecule has 1 heterocycles. The predicted molar refractivity (Wildman–Crippen MR) is 41.7 cm³/mol. The van der Waals surface area contributed by atoms with E-state index in [0.29, 0.717) is 12.8 Å². The number of aliphatic carboxylic acids is 1. The summed E-state index contributed by atoms with van der Waals surface area (Å²) >= 11 is 0. The van der Waals surface area contributed by atoms with Crippen LogP contribution >= 0.6 is 0 Å². The van der Waals surface area contributed by atoms with E-state index in [4.69, 9.17) is 5.11 Å². The molecule has 0 radical (unpaired) electrons. The summed E-state index contributed by atoms with van der Waals surface area (Å²) in [7, 11) is 1.86. The molecule has 1 aliphatic rings. The zero-order chi connectivity index (χ0) is 8.72. The van der Waals surface area contributed by atoms with E-state index in [0.717, 1.165) is 11.3 Å². The van der Waals surface area contributed by atoms with Crippen LogP contribution in [0.2, 0.25) is 0 Å². The standard InChI is InChI=1S/C8H10N2O2/c1-10-4-6-2-5(8(11)12)3-7(6)9-10/h4-5H,2-3H2,1H3,(H,11,12)/t5-/m0/s1. The van der Waals surface area contributed by atoms with Gasteiger partial charge in [-0.2, -0.15) is 5.10 Å². The summed E-state index contributed by atoms with van der Waals surface area (Å²) < 4.78 is 1.74. The summed E-state index contributed by atoms with van der Waals surface area (Å²) in [5.41, 5.74) is 2.04. The molecule has 0 fully saturated rings. The van der Waals surface area contributed by atoms with E-state index in [1.807, 2.05) is 13.2 Å². The van der Waals surface area contributed by atoms with Crippen molar-refractivity contribution in [1.29, 1.82) is 0 Å². The van der Waals surface area contributed by atoms with Gasteiger partial charge in [0, 0.05) is 19.7 Å². The summed E-state index contributed by atoms with van der Waals surface area (Å²) in [5, 5.41) is 12.9. The summed E-state index contributed by atoms with van der Waals surface area (Å²) in [4.78, 5) is 10.6. The van der Waals surface area contributed by atoms with Crippen LogP contribution < -0.4 is 0 Å². The topological polar surface area (TPSA) is 55.1 Å². The third-order valence-corrected chi connectivity index (χ3v) is 2.25. The zero-order valence-corrected chi connectivity index (χ0v) is 6.82. The van der Waals surface area contributed by atoms with Gasteiger partial charge in [0.05, 0.1) is 11.6 Å². The molecule has 1 atom stereocenters. The van der Waals surface area contributed by atoms with Crippen LogP contribution in [0.25, 0.3) is 0 Å². The number of hydrogen-bond donors (Lipinski definition) is 1. The molecule has 0 unspecified atom stereocenters. The smallest absolute Gasteiger partial charge is 0.307 e. The SMILES string of the molecule is Cn1cc2c(n1)C[C@@H](C(=O)O)C2. The monoisotopic (exact) mass is 166 g/mol. The summed E-state index contributed by atoms with van der Waals surface area (Å²) in [6, 6.07) is 0. The molecule has 0 saturated carbocycles. The number of carboxylic acid groups (broad SMARTS) is 1. The van der Waals surface area contributed by atoms with Gasteiger partial charge in [0.25, 0.3) is 0 Å². The molecule has 12 heavy (non-hydrogen) atoms. The van der Waals surface area contributed by atoms with Crippen molar-refractivity contribution in [3.05, 3.63) is 17.5 Å². The maximum absolute atomic E-state index is 10.6. The van der Waals surface area contributed by atoms with Crippen LogP contribution in [-0.4, -0.2) is 20.9 Å². The van der Waals surface area contributed by atoms with Crippen molar-refractivity contribution >= 4 is 5.97 Å². The molecule has 0 aromatic carbocycles. The fraction of sp³-hybridized carbons (Fsp3) is 0.500. The van der Waals surface area contributed by atoms with Crippen molar-refractivity contribution in [1.82, 2.24) is 9.78 Å². The molecule has 1 N–H and O–H groups in total. The zero-order valence-electron chi connectivity index (χ0n) is 6.82. The van der Waals surface area contributed by atoms with Gasteiger partial charge in [-0.05, 0) is 12.0 Å². The van der Waals surface area contributed by atoms with Crippen LogP contribution in [0.5, 0.6) is 0 Å². The van der Waals surface area contributed by atoms with E-state index in [-0.39, 0.29) is 5.92 Å². The number of fused-ring (bicyclic) bond motifs is 1. The molecule has 4 nitrogen and oxygen atoms in total. The average molecular weight is 166 g/mol. The molecular weight excluding hydrogens is 156 g/mol. The predicted octanol–water partition coefficient (Wildman–Crippen LogP) is 0.219. The van der Waals surface area contributed by atoms with Crippen molar-refractivity contribution in [2.75, 3.05) is 0 Å². The highest BCUT2D eigenvalue weighted by atomic mass is 16.4. The van der Waals surface area contributed by atoms with Crippen molar-refractivity contribution in [2.24, 2.45) is 13.0 Å². The lowest BCUT2D eigenvalue weighted by molar-refractivity contribution is -0.141. The van der Waals surface area contributed by atoms with Gasteiger partial charge in [-0.1, -0.05) is 0 Å². The van der Waals surface area contributed by atoms with Crippen LogP contribution in [0.3, 0.4) is 0 Å². The van der Waals surface area contributed by atoms with E-state index in [9.17, 15) is 4.79 Å². The van der Waals surface area contributed by atoms with Crippen LogP contribution in [0.1, 0.15) is 11.3 Å². The molecule has 0 spiro atoms. The van der Waals surface area contributed by atoms with E-state index < -0.39 is 5.97 Å². The Morgan fingerprint density at radius 3 is 3.08 bits per heavy atom. The Kier molecular flexibility index (Phi) is 1.43. The number of aromatic nitrogens is 2. The van der Waals surface area contributed by atoms with Gasteiger partial charge in [0.1, 0.15) is 0 Å². The minimum absolute atomic E-state index is 0.247. The molecule has 1 aromatic heterocycles. The van der Waals surface area contributed by atoms with Crippen molar-refractivity contribution in [3.8, 4) is 0 Å². The number of nitrogens with zero attached hydrogens (tertiary/aromatic N) is 2. The molecule has 2 rings (SSSR count). The Labute approximate surface area is 69.8 Å². The van der Waals surface area contributed by atoms with Crippen LogP contribution in [0.15, 0.2) is 6.20 Å². The Balaban J connectivity index is 2.24. The lowest BCUT2D eigenvalue weighted by Crippen LogP contribution is -2.14. The van der Waals surface area contributed by atoms with E-state index in [1.54, 1.807) is 4.68 Å². The number of aryl methyl sites for hydroxylation is 1. The molecule has 0 aliphatic heterocycles. The van der Waals surface area contributed by atoms with Gasteiger partial charge in [-0.25, -0.2) is 0 Å². The first kappa shape index (κ1) is 7.34. The fourth-order valence-electron chi connectivity index (χ4n) is 1.67. The summed E-state index contributed by atoms with van der Waals surface area (Å²) in [6.07, 6.45) is 3.13. The van der Waals surface area contributed by atoms with Crippen molar-refractivity contribution in [2.45, 2.75) is 12.8 Å². The first-order valence-corrected chi connectivity index (χ1v) is 3.91. The molecule has 0 bridgehead atoms. The van der Waals surface area contributed by atoms with Gasteiger partial charge in [0.2, 0.25) is 0 Å². The maximum Gasteiger partial charge on any atom is 0.307 e. The van der Waals surface area contributed by atoms with Crippen LogP contribution in [0, 0.1) is 5.92 Å². The third kappa shape index (κ3) is 0.995. The molecule has 64 valence electrons. The highest BCUT2D eigenvalue weighted by molar-refractivity contribution is 5.71. The Bertz CT molecular complexity index is 306. The van der Waals surface area contributed by atoms with E-state index in [1.165, 1.54) is 0 Å². The molecule has 4 heteroatoms. The second kappa shape index (κ2) is 2.33. The van der Waals surface area contributed by atoms with Gasteiger partial charge in [-0.15, -0.1) is 0 Å². The lowest BCUT2D eigenvalue weighted by Gasteiger charge is -2.00. The van der Waals surface area contributed by atoms with Gasteiger partial charge in [-0.3, -0.25) is 9.48 Å². The largest absolute Gasteiger partial charge is 0.481 e. The summed E-state index contributed by atoms with van der Waals surface area (Å²) in [6.45, 7) is 0. The molecule has 0 saturated heterocycles. The Hall–Kier alpha value is -1.32. The number of rotatable bonds is 1. The first-order chi connectivity index (χ1) is 5.66. The molecule has 0 amide bonds. The molecular formula is C8H10N2O2. The highest BCUT2D eigenvalue weighted by Crippen LogP contribution is 2.25. The Morgan fingerprint density at radius 2 is 2.50 bits per heavy atom. The average Bonchev–Trinajstić information content (AvgIpc) is 2.42. The quantitative estimate of drug-likeness (QED) is 0.649. The minimum Gasteiger partial charge on any atom is -0.481 e. The Morgan fingerprint density at radius 1 is 1.75 bits per heavy atom. The maximum atomic E-state index is 10.6. The van der Waals surface area contributed by atoms with Crippen LogP contribution in [0.4, 0.5) is 0 Å². The second-order valence-corrected chi connectivity index (χ2v) is 3.22. The number of carboxylic acids is 1. The first-order valence-electron chi connectivity index (χ1n) is 3.91. The summed E-state index contributed by atoms with van der Waals surface area (Å²) in [5.74, 6) is -0.959. The lowest BCUT2D eigenvalue weighted by atomic mass is 10.1. The number of carbonyl (C=O) groups is 1.